The van der Waals surface area contributed by atoms with Crippen LogP contribution < -0.4 is 0 Å². The summed E-state index contributed by atoms with van der Waals surface area (Å²) < 4.78 is 0. The van der Waals surface area contributed by atoms with Gasteiger partial charge in [-0.1, -0.05) is 75.3 Å². The number of hydrogen-bond donors (Lipinski definition) is 1. The lowest BCUT2D eigenvalue weighted by molar-refractivity contribution is 0.214. The summed E-state index contributed by atoms with van der Waals surface area (Å²) in [6.45, 7) is 4.71. The SMILES string of the molecule is CCCCCCCCC(CO)Cc1cccc(C)c1. The minimum atomic E-state index is 0.322. The number of aryl methyl sites for hydroxylation is 1. The van der Waals surface area contributed by atoms with E-state index < -0.39 is 0 Å². The van der Waals surface area contributed by atoms with E-state index in [1.54, 1.807) is 0 Å². The predicted octanol–water partition coefficient (Wildman–Crippen LogP) is 4.90. The Morgan fingerprint density at radius 1 is 1.05 bits per heavy atom. The van der Waals surface area contributed by atoms with Crippen LogP contribution >= 0.6 is 0 Å². The standard InChI is InChI=1S/C18H30O/c1-3-4-5-6-7-8-11-18(15-19)14-17-12-9-10-16(2)13-17/h9-10,12-13,18-19H,3-8,11,14-15H2,1-2H3. The van der Waals surface area contributed by atoms with E-state index >= 15 is 0 Å². The summed E-state index contributed by atoms with van der Waals surface area (Å²) in [5.74, 6) is 0.438. The number of aliphatic hydroxyl groups is 1. The lowest BCUT2D eigenvalue weighted by atomic mass is 9.93. The van der Waals surface area contributed by atoms with Gasteiger partial charge in [0.2, 0.25) is 0 Å². The van der Waals surface area contributed by atoms with E-state index in [1.165, 1.54) is 49.7 Å². The zero-order valence-electron chi connectivity index (χ0n) is 12.7. The van der Waals surface area contributed by atoms with Gasteiger partial charge < -0.3 is 5.11 Å². The molecule has 0 radical (unpaired) electrons. The molecule has 0 amide bonds. The third kappa shape index (κ3) is 7.37. The molecule has 19 heavy (non-hydrogen) atoms. The predicted molar refractivity (Wildman–Crippen MR) is 83.5 cm³/mol. The molecule has 1 atom stereocenters. The van der Waals surface area contributed by atoms with Crippen molar-refractivity contribution in [2.45, 2.75) is 65.2 Å². The van der Waals surface area contributed by atoms with Gasteiger partial charge in [-0.2, -0.15) is 0 Å². The summed E-state index contributed by atoms with van der Waals surface area (Å²) in [4.78, 5) is 0. The van der Waals surface area contributed by atoms with Crippen molar-refractivity contribution in [3.8, 4) is 0 Å². The highest BCUT2D eigenvalue weighted by Crippen LogP contribution is 2.17. The molecule has 1 aromatic carbocycles. The largest absolute Gasteiger partial charge is 0.396 e. The van der Waals surface area contributed by atoms with Crippen molar-refractivity contribution in [1.29, 1.82) is 0 Å². The third-order valence-corrected chi connectivity index (χ3v) is 3.83. The first-order valence-electron chi connectivity index (χ1n) is 7.92. The Morgan fingerprint density at radius 2 is 1.79 bits per heavy atom. The topological polar surface area (TPSA) is 20.2 Å². The number of rotatable bonds is 10. The van der Waals surface area contributed by atoms with Gasteiger partial charge in [0.15, 0.2) is 0 Å². The summed E-state index contributed by atoms with van der Waals surface area (Å²) in [6, 6.07) is 8.66. The van der Waals surface area contributed by atoms with Crippen molar-refractivity contribution in [2.24, 2.45) is 5.92 Å². The highest BCUT2D eigenvalue weighted by molar-refractivity contribution is 5.22. The minimum Gasteiger partial charge on any atom is -0.396 e. The molecular formula is C18H30O. The van der Waals surface area contributed by atoms with Crippen LogP contribution in [-0.2, 0) is 6.42 Å². The lowest BCUT2D eigenvalue weighted by Gasteiger charge is -2.14. The number of unbranched alkanes of at least 4 members (excludes halogenated alkanes) is 5. The summed E-state index contributed by atoms with van der Waals surface area (Å²) >= 11 is 0. The monoisotopic (exact) mass is 262 g/mol. The Bertz CT molecular complexity index is 332. The minimum absolute atomic E-state index is 0.322. The summed E-state index contributed by atoms with van der Waals surface area (Å²) in [5, 5.41) is 9.50. The molecule has 0 spiro atoms. The molecule has 0 aliphatic heterocycles. The quantitative estimate of drug-likeness (QED) is 0.595. The second kappa shape index (κ2) is 10.0. The fourth-order valence-corrected chi connectivity index (χ4v) is 2.64. The van der Waals surface area contributed by atoms with Crippen LogP contribution in [0.4, 0.5) is 0 Å². The average Bonchev–Trinajstić information content (AvgIpc) is 2.41. The van der Waals surface area contributed by atoms with Gasteiger partial charge in [0, 0.05) is 6.61 Å². The molecule has 0 aliphatic carbocycles. The Balaban J connectivity index is 2.22. The molecular weight excluding hydrogens is 232 g/mol. The maximum absolute atomic E-state index is 9.50. The van der Waals surface area contributed by atoms with E-state index in [0.717, 1.165) is 12.8 Å². The Labute approximate surface area is 119 Å². The second-order valence-electron chi connectivity index (χ2n) is 5.80. The van der Waals surface area contributed by atoms with Crippen LogP contribution in [0.5, 0.6) is 0 Å². The second-order valence-corrected chi connectivity index (χ2v) is 5.80. The molecule has 0 heterocycles. The molecule has 0 saturated carbocycles. The van der Waals surface area contributed by atoms with Gasteiger partial charge >= 0.3 is 0 Å². The molecule has 1 aromatic rings. The van der Waals surface area contributed by atoms with Crippen LogP contribution in [-0.4, -0.2) is 11.7 Å². The first kappa shape index (κ1) is 16.2. The smallest absolute Gasteiger partial charge is 0.0462 e. The molecule has 0 aliphatic rings. The zero-order valence-corrected chi connectivity index (χ0v) is 12.7. The van der Waals surface area contributed by atoms with E-state index in [4.69, 9.17) is 0 Å². The molecule has 1 heteroatoms. The van der Waals surface area contributed by atoms with Crippen LogP contribution in [0.3, 0.4) is 0 Å². The van der Waals surface area contributed by atoms with Gasteiger partial charge in [-0.05, 0) is 31.2 Å². The Kier molecular flexibility index (Phi) is 8.57. The lowest BCUT2D eigenvalue weighted by Crippen LogP contribution is -2.09. The number of benzene rings is 1. The molecule has 0 fully saturated rings. The fraction of sp³-hybridized carbons (Fsp3) is 0.667. The summed E-state index contributed by atoms with van der Waals surface area (Å²) in [5.41, 5.74) is 2.68. The Hall–Kier alpha value is -0.820. The van der Waals surface area contributed by atoms with Crippen LogP contribution in [0.2, 0.25) is 0 Å². The van der Waals surface area contributed by atoms with E-state index in [-0.39, 0.29) is 0 Å². The fourth-order valence-electron chi connectivity index (χ4n) is 2.64. The maximum atomic E-state index is 9.50. The molecule has 108 valence electrons. The Morgan fingerprint density at radius 3 is 2.47 bits per heavy atom. The number of hydrogen-bond acceptors (Lipinski definition) is 1. The van der Waals surface area contributed by atoms with Gasteiger partial charge in [0.25, 0.3) is 0 Å². The summed E-state index contributed by atoms with van der Waals surface area (Å²) in [6.07, 6.45) is 10.2. The van der Waals surface area contributed by atoms with E-state index in [2.05, 4.69) is 38.1 Å². The highest BCUT2D eigenvalue weighted by Gasteiger charge is 2.08. The molecule has 0 saturated heterocycles. The molecule has 0 aromatic heterocycles. The molecule has 1 rings (SSSR count). The van der Waals surface area contributed by atoms with Crippen molar-refractivity contribution in [3.05, 3.63) is 35.4 Å². The van der Waals surface area contributed by atoms with E-state index in [0.29, 0.717) is 12.5 Å². The van der Waals surface area contributed by atoms with Gasteiger partial charge in [-0.15, -0.1) is 0 Å². The van der Waals surface area contributed by atoms with Crippen LogP contribution in [0.1, 0.15) is 63.0 Å². The third-order valence-electron chi connectivity index (χ3n) is 3.83. The molecule has 1 N–H and O–H groups in total. The molecule has 1 nitrogen and oxygen atoms in total. The van der Waals surface area contributed by atoms with Gasteiger partial charge in [0.05, 0.1) is 0 Å². The van der Waals surface area contributed by atoms with Gasteiger partial charge in [-0.3, -0.25) is 0 Å². The highest BCUT2D eigenvalue weighted by atomic mass is 16.3. The first-order valence-corrected chi connectivity index (χ1v) is 7.92. The van der Waals surface area contributed by atoms with Crippen LogP contribution in [0, 0.1) is 12.8 Å². The summed E-state index contributed by atoms with van der Waals surface area (Å²) in [7, 11) is 0. The molecule has 0 bridgehead atoms. The van der Waals surface area contributed by atoms with Crippen molar-refractivity contribution in [1.82, 2.24) is 0 Å². The van der Waals surface area contributed by atoms with Crippen molar-refractivity contribution in [2.75, 3.05) is 6.61 Å². The maximum Gasteiger partial charge on any atom is 0.0462 e. The van der Waals surface area contributed by atoms with E-state index in [9.17, 15) is 5.11 Å². The van der Waals surface area contributed by atoms with Crippen molar-refractivity contribution >= 4 is 0 Å². The van der Waals surface area contributed by atoms with Crippen LogP contribution in [0.15, 0.2) is 24.3 Å². The van der Waals surface area contributed by atoms with Crippen LogP contribution in [0.25, 0.3) is 0 Å². The average molecular weight is 262 g/mol. The normalized spacial score (nSPS) is 12.6. The van der Waals surface area contributed by atoms with Crippen molar-refractivity contribution in [3.63, 3.8) is 0 Å². The van der Waals surface area contributed by atoms with Gasteiger partial charge in [0.1, 0.15) is 0 Å². The number of aliphatic hydroxyl groups excluding tert-OH is 1. The van der Waals surface area contributed by atoms with E-state index in [1.807, 2.05) is 0 Å². The van der Waals surface area contributed by atoms with Crippen molar-refractivity contribution < 1.29 is 5.11 Å². The first-order chi connectivity index (χ1) is 9.26. The zero-order chi connectivity index (χ0) is 13.9. The van der Waals surface area contributed by atoms with Gasteiger partial charge in [-0.25, -0.2) is 0 Å². The molecule has 1 unspecified atom stereocenters.